The summed E-state index contributed by atoms with van der Waals surface area (Å²) < 4.78 is 5.03. The minimum atomic E-state index is -1.47. The molecule has 1 aromatic carbocycles. The molecule has 1 saturated carbocycles. The lowest BCUT2D eigenvalue weighted by molar-refractivity contribution is -0.166. The van der Waals surface area contributed by atoms with Crippen molar-refractivity contribution in [3.8, 4) is 0 Å². The van der Waals surface area contributed by atoms with Crippen LogP contribution in [0.5, 0.6) is 0 Å². The molecular formula is C19H29NO3. The number of nitrogens with zero attached hydrogens (tertiary/aromatic N) is 1. The van der Waals surface area contributed by atoms with Crippen LogP contribution < -0.4 is 0 Å². The van der Waals surface area contributed by atoms with Gasteiger partial charge in [-0.3, -0.25) is 4.90 Å². The molecule has 0 spiro atoms. The van der Waals surface area contributed by atoms with E-state index in [1.807, 2.05) is 18.2 Å². The summed E-state index contributed by atoms with van der Waals surface area (Å²) in [5, 5.41) is 10.6. The van der Waals surface area contributed by atoms with Gasteiger partial charge in [0.05, 0.1) is 6.61 Å². The number of carbonyl (C=O) groups excluding carboxylic acids is 1. The summed E-state index contributed by atoms with van der Waals surface area (Å²) >= 11 is 0. The zero-order valence-electron chi connectivity index (χ0n) is 14.3. The quantitative estimate of drug-likeness (QED) is 0.785. The fourth-order valence-electron chi connectivity index (χ4n) is 3.32. The summed E-state index contributed by atoms with van der Waals surface area (Å²) in [6.45, 7) is 4.67. The first-order valence-corrected chi connectivity index (χ1v) is 8.70. The van der Waals surface area contributed by atoms with E-state index in [2.05, 4.69) is 17.0 Å². The molecule has 0 radical (unpaired) electrons. The minimum Gasteiger partial charge on any atom is -0.464 e. The minimum absolute atomic E-state index is 0.289. The predicted octanol–water partition coefficient (Wildman–Crippen LogP) is 3.14. The van der Waals surface area contributed by atoms with Crippen LogP contribution in [-0.4, -0.2) is 40.8 Å². The average Bonchev–Trinajstić information content (AvgIpc) is 2.56. The SMILES string of the molecule is CCOC(=O)C(C)(O)CN(Cc1ccccc1)C1CCCCC1. The first kappa shape index (κ1) is 18.0. The molecule has 0 heterocycles. The maximum Gasteiger partial charge on any atom is 0.339 e. The topological polar surface area (TPSA) is 49.8 Å². The molecule has 128 valence electrons. The number of carbonyl (C=O) groups is 1. The Morgan fingerprint density at radius 1 is 1.26 bits per heavy atom. The zero-order chi connectivity index (χ0) is 16.7. The maximum absolute atomic E-state index is 12.0. The Labute approximate surface area is 139 Å². The van der Waals surface area contributed by atoms with Crippen molar-refractivity contribution in [2.75, 3.05) is 13.2 Å². The molecule has 1 aliphatic rings. The van der Waals surface area contributed by atoms with E-state index in [-0.39, 0.29) is 6.61 Å². The number of benzene rings is 1. The summed E-state index contributed by atoms with van der Waals surface area (Å²) in [6.07, 6.45) is 5.98. The van der Waals surface area contributed by atoms with E-state index < -0.39 is 11.6 Å². The molecule has 0 amide bonds. The monoisotopic (exact) mass is 319 g/mol. The molecular weight excluding hydrogens is 290 g/mol. The van der Waals surface area contributed by atoms with Gasteiger partial charge in [-0.2, -0.15) is 0 Å². The third-order valence-electron chi connectivity index (χ3n) is 4.55. The summed E-state index contributed by atoms with van der Waals surface area (Å²) in [5.74, 6) is -0.533. The molecule has 1 unspecified atom stereocenters. The molecule has 0 bridgehead atoms. The van der Waals surface area contributed by atoms with Crippen molar-refractivity contribution in [2.45, 2.75) is 64.1 Å². The highest BCUT2D eigenvalue weighted by Crippen LogP contribution is 2.26. The van der Waals surface area contributed by atoms with Gasteiger partial charge in [0.15, 0.2) is 5.60 Å². The van der Waals surface area contributed by atoms with Gasteiger partial charge in [0, 0.05) is 19.1 Å². The Bertz CT molecular complexity index is 481. The molecule has 1 atom stereocenters. The largest absolute Gasteiger partial charge is 0.464 e. The van der Waals surface area contributed by atoms with Gasteiger partial charge in [-0.1, -0.05) is 49.6 Å². The highest BCUT2D eigenvalue weighted by Gasteiger charge is 2.36. The molecule has 4 heteroatoms. The van der Waals surface area contributed by atoms with Crippen LogP contribution in [0.25, 0.3) is 0 Å². The molecule has 0 aliphatic heterocycles. The highest BCUT2D eigenvalue weighted by molar-refractivity contribution is 5.79. The van der Waals surface area contributed by atoms with Crippen LogP contribution in [0.2, 0.25) is 0 Å². The Morgan fingerprint density at radius 2 is 1.91 bits per heavy atom. The van der Waals surface area contributed by atoms with Gasteiger partial charge in [0.25, 0.3) is 0 Å². The van der Waals surface area contributed by atoms with Gasteiger partial charge in [-0.05, 0) is 32.3 Å². The van der Waals surface area contributed by atoms with Gasteiger partial charge < -0.3 is 9.84 Å². The normalized spacial score (nSPS) is 18.6. The Hall–Kier alpha value is -1.39. The van der Waals surface area contributed by atoms with Gasteiger partial charge >= 0.3 is 5.97 Å². The van der Waals surface area contributed by atoms with Crippen LogP contribution in [-0.2, 0) is 16.1 Å². The summed E-state index contributed by atoms with van der Waals surface area (Å²) in [4.78, 5) is 14.3. The van der Waals surface area contributed by atoms with E-state index in [1.165, 1.54) is 24.8 Å². The van der Waals surface area contributed by atoms with Crippen molar-refractivity contribution in [1.29, 1.82) is 0 Å². The van der Waals surface area contributed by atoms with E-state index in [0.29, 0.717) is 12.6 Å². The first-order valence-electron chi connectivity index (χ1n) is 8.70. The molecule has 4 nitrogen and oxygen atoms in total. The third-order valence-corrected chi connectivity index (χ3v) is 4.55. The maximum atomic E-state index is 12.0. The lowest BCUT2D eigenvalue weighted by atomic mass is 9.92. The third kappa shape index (κ3) is 5.33. The first-order chi connectivity index (χ1) is 11.0. The van der Waals surface area contributed by atoms with E-state index in [4.69, 9.17) is 4.74 Å². The van der Waals surface area contributed by atoms with Crippen molar-refractivity contribution < 1.29 is 14.6 Å². The molecule has 23 heavy (non-hydrogen) atoms. The average molecular weight is 319 g/mol. The van der Waals surface area contributed by atoms with Gasteiger partial charge in [-0.25, -0.2) is 4.79 Å². The van der Waals surface area contributed by atoms with Crippen LogP contribution in [0.4, 0.5) is 0 Å². The molecule has 1 fully saturated rings. The number of aliphatic hydroxyl groups is 1. The van der Waals surface area contributed by atoms with Gasteiger partial charge in [-0.15, -0.1) is 0 Å². The number of rotatable bonds is 7. The van der Waals surface area contributed by atoms with Crippen molar-refractivity contribution in [3.05, 3.63) is 35.9 Å². The number of ether oxygens (including phenoxy) is 1. The van der Waals surface area contributed by atoms with Crippen molar-refractivity contribution in [2.24, 2.45) is 0 Å². The van der Waals surface area contributed by atoms with Crippen LogP contribution in [0.3, 0.4) is 0 Å². The lowest BCUT2D eigenvalue weighted by Gasteiger charge is -2.38. The highest BCUT2D eigenvalue weighted by atomic mass is 16.5. The summed E-state index contributed by atoms with van der Waals surface area (Å²) in [7, 11) is 0. The second kappa shape index (κ2) is 8.46. The fraction of sp³-hybridized carbons (Fsp3) is 0.632. The van der Waals surface area contributed by atoms with E-state index in [0.717, 1.165) is 19.4 Å². The van der Waals surface area contributed by atoms with E-state index in [9.17, 15) is 9.90 Å². The van der Waals surface area contributed by atoms with Crippen LogP contribution in [0.15, 0.2) is 30.3 Å². The molecule has 1 N–H and O–H groups in total. The van der Waals surface area contributed by atoms with Crippen LogP contribution in [0, 0.1) is 0 Å². The Kier molecular flexibility index (Phi) is 6.60. The summed E-state index contributed by atoms with van der Waals surface area (Å²) in [5.41, 5.74) is -0.264. The smallest absolute Gasteiger partial charge is 0.339 e. The standard InChI is InChI=1S/C19H29NO3/c1-3-23-18(21)19(2,22)15-20(17-12-8-5-9-13-17)14-16-10-6-4-7-11-16/h4,6-7,10-11,17,22H,3,5,8-9,12-15H2,1-2H3. The molecule has 0 aromatic heterocycles. The van der Waals surface area contributed by atoms with Crippen LogP contribution in [0.1, 0.15) is 51.5 Å². The molecule has 2 rings (SSSR count). The van der Waals surface area contributed by atoms with Crippen LogP contribution >= 0.6 is 0 Å². The molecule has 1 aliphatic carbocycles. The van der Waals surface area contributed by atoms with E-state index >= 15 is 0 Å². The Morgan fingerprint density at radius 3 is 2.52 bits per heavy atom. The number of esters is 1. The number of hydrogen-bond acceptors (Lipinski definition) is 4. The summed E-state index contributed by atoms with van der Waals surface area (Å²) in [6, 6.07) is 10.7. The van der Waals surface area contributed by atoms with Gasteiger partial charge in [0.2, 0.25) is 0 Å². The number of hydrogen-bond donors (Lipinski definition) is 1. The van der Waals surface area contributed by atoms with Crippen molar-refractivity contribution >= 4 is 5.97 Å². The van der Waals surface area contributed by atoms with Crippen molar-refractivity contribution in [1.82, 2.24) is 4.90 Å². The molecule has 0 saturated heterocycles. The second-order valence-corrected chi connectivity index (χ2v) is 6.68. The predicted molar refractivity (Wildman–Crippen MR) is 91.0 cm³/mol. The lowest BCUT2D eigenvalue weighted by Crippen LogP contribution is -2.50. The Balaban J connectivity index is 2.10. The van der Waals surface area contributed by atoms with E-state index in [1.54, 1.807) is 13.8 Å². The molecule has 1 aromatic rings. The second-order valence-electron chi connectivity index (χ2n) is 6.68. The fourth-order valence-corrected chi connectivity index (χ4v) is 3.32. The zero-order valence-corrected chi connectivity index (χ0v) is 14.3. The van der Waals surface area contributed by atoms with Gasteiger partial charge in [0.1, 0.15) is 0 Å². The van der Waals surface area contributed by atoms with Crippen molar-refractivity contribution in [3.63, 3.8) is 0 Å².